The van der Waals surface area contributed by atoms with Gasteiger partial charge in [-0.15, -0.1) is 11.3 Å². The second-order valence-corrected chi connectivity index (χ2v) is 8.00. The molecule has 0 aliphatic carbocycles. The van der Waals surface area contributed by atoms with Crippen LogP contribution in [0, 0.1) is 0 Å². The van der Waals surface area contributed by atoms with Crippen molar-refractivity contribution in [2.75, 3.05) is 11.9 Å². The van der Waals surface area contributed by atoms with Gasteiger partial charge >= 0.3 is 0 Å². The molecule has 0 bridgehead atoms. The number of halogens is 1. The average Bonchev–Trinajstić information content (AvgIpc) is 2.86. The van der Waals surface area contributed by atoms with E-state index in [1.165, 1.54) is 11.3 Å². The Bertz CT molecular complexity index is 696. The van der Waals surface area contributed by atoms with Crippen LogP contribution in [0.15, 0.2) is 41.3 Å². The Balaban J connectivity index is 2.14. The zero-order valence-corrected chi connectivity index (χ0v) is 14.1. The number of hydrogen-bond acceptors (Lipinski definition) is 4. The van der Waals surface area contributed by atoms with Crippen LogP contribution in [-0.2, 0) is 10.0 Å². The first-order valence-corrected chi connectivity index (χ1v) is 9.21. The van der Waals surface area contributed by atoms with Crippen molar-refractivity contribution in [2.24, 2.45) is 0 Å². The summed E-state index contributed by atoms with van der Waals surface area (Å²) in [6.07, 6.45) is 0. The van der Waals surface area contributed by atoms with Gasteiger partial charge in [0, 0.05) is 17.1 Å². The lowest BCUT2D eigenvalue weighted by Gasteiger charge is -2.13. The maximum Gasteiger partial charge on any atom is 0.241 e. The summed E-state index contributed by atoms with van der Waals surface area (Å²) in [5, 5.41) is 3.13. The van der Waals surface area contributed by atoms with Crippen LogP contribution in [0.25, 0.3) is 0 Å². The third-order valence-corrected chi connectivity index (χ3v) is 5.87. The number of nitrogens with one attached hydrogen (secondary N) is 2. The molecular formula is C14H17ClN2O2S2. The van der Waals surface area contributed by atoms with Gasteiger partial charge in [0.15, 0.2) is 0 Å². The first kappa shape index (κ1) is 16.3. The topological polar surface area (TPSA) is 58.2 Å². The zero-order chi connectivity index (χ0) is 15.5. The van der Waals surface area contributed by atoms with Gasteiger partial charge in [-0.1, -0.05) is 11.6 Å². The van der Waals surface area contributed by atoms with Crippen LogP contribution < -0.4 is 10.0 Å². The molecule has 4 nitrogen and oxygen atoms in total. The molecule has 0 spiro atoms. The summed E-state index contributed by atoms with van der Waals surface area (Å²) in [4.78, 5) is 1.13. The standard InChI is InChI=1S/C14H17ClN2O2S2/c1-3-16-11-4-6-12(7-5-11)21(18,19)17-10(2)13-8-9-14(15)20-13/h4-10,16-17H,3H2,1-2H3. The molecule has 1 aromatic carbocycles. The van der Waals surface area contributed by atoms with Gasteiger partial charge in [0.1, 0.15) is 0 Å². The van der Waals surface area contributed by atoms with Gasteiger partial charge in [-0.05, 0) is 50.2 Å². The van der Waals surface area contributed by atoms with Gasteiger partial charge in [-0.3, -0.25) is 0 Å². The maximum absolute atomic E-state index is 12.3. The van der Waals surface area contributed by atoms with Crippen molar-refractivity contribution in [1.29, 1.82) is 0 Å². The van der Waals surface area contributed by atoms with E-state index >= 15 is 0 Å². The minimum atomic E-state index is -3.54. The number of rotatable bonds is 6. The zero-order valence-electron chi connectivity index (χ0n) is 11.8. The van der Waals surface area contributed by atoms with Crippen LogP contribution >= 0.6 is 22.9 Å². The van der Waals surface area contributed by atoms with Crippen LogP contribution in [0.2, 0.25) is 4.34 Å². The fraction of sp³-hybridized carbons (Fsp3) is 0.286. The Kier molecular flexibility index (Phi) is 5.27. The van der Waals surface area contributed by atoms with Gasteiger partial charge in [-0.25, -0.2) is 13.1 Å². The molecule has 0 saturated heterocycles. The number of benzene rings is 1. The lowest BCUT2D eigenvalue weighted by Crippen LogP contribution is -2.26. The number of hydrogen-bond donors (Lipinski definition) is 2. The lowest BCUT2D eigenvalue weighted by molar-refractivity contribution is 0.568. The summed E-state index contributed by atoms with van der Waals surface area (Å²) in [5.74, 6) is 0. The highest BCUT2D eigenvalue weighted by Gasteiger charge is 2.19. The van der Waals surface area contributed by atoms with Crippen LogP contribution in [-0.4, -0.2) is 15.0 Å². The smallest absolute Gasteiger partial charge is 0.241 e. The molecule has 0 fully saturated rings. The summed E-state index contributed by atoms with van der Waals surface area (Å²) < 4.78 is 28.0. The van der Waals surface area contributed by atoms with E-state index in [0.717, 1.165) is 17.1 Å². The van der Waals surface area contributed by atoms with Crippen LogP contribution in [0.1, 0.15) is 24.8 Å². The first-order valence-electron chi connectivity index (χ1n) is 6.54. The molecule has 0 amide bonds. The molecule has 7 heteroatoms. The third kappa shape index (κ3) is 4.20. The second-order valence-electron chi connectivity index (χ2n) is 4.54. The minimum Gasteiger partial charge on any atom is -0.385 e. The Hall–Kier alpha value is -1.08. The maximum atomic E-state index is 12.3. The predicted octanol–water partition coefficient (Wildman–Crippen LogP) is 3.87. The van der Waals surface area contributed by atoms with Crippen molar-refractivity contribution >= 4 is 38.6 Å². The fourth-order valence-corrected chi connectivity index (χ4v) is 4.24. The monoisotopic (exact) mass is 344 g/mol. The van der Waals surface area contributed by atoms with E-state index < -0.39 is 10.0 Å². The molecule has 0 aliphatic heterocycles. The molecule has 21 heavy (non-hydrogen) atoms. The first-order chi connectivity index (χ1) is 9.92. The highest BCUT2D eigenvalue weighted by Crippen LogP contribution is 2.27. The number of thiophene rings is 1. The minimum absolute atomic E-state index is 0.249. The molecule has 1 atom stereocenters. The van der Waals surface area contributed by atoms with Crippen LogP contribution in [0.3, 0.4) is 0 Å². The normalized spacial score (nSPS) is 13.1. The van der Waals surface area contributed by atoms with Crippen LogP contribution in [0.5, 0.6) is 0 Å². The van der Waals surface area contributed by atoms with E-state index in [0.29, 0.717) is 4.34 Å². The van der Waals surface area contributed by atoms with E-state index in [9.17, 15) is 8.42 Å². The molecular weight excluding hydrogens is 328 g/mol. The summed E-state index contributed by atoms with van der Waals surface area (Å²) in [7, 11) is -3.54. The van der Waals surface area contributed by atoms with Crippen molar-refractivity contribution in [2.45, 2.75) is 24.8 Å². The molecule has 2 aromatic rings. The van der Waals surface area contributed by atoms with E-state index in [-0.39, 0.29) is 10.9 Å². The molecule has 0 aliphatic rings. The van der Waals surface area contributed by atoms with E-state index in [1.807, 2.05) is 13.0 Å². The highest BCUT2D eigenvalue weighted by molar-refractivity contribution is 7.89. The molecule has 0 saturated carbocycles. The SMILES string of the molecule is CCNc1ccc(S(=O)(=O)NC(C)c2ccc(Cl)s2)cc1. The third-order valence-electron chi connectivity index (χ3n) is 2.90. The Labute approximate surface area is 134 Å². The fourth-order valence-electron chi connectivity index (χ4n) is 1.88. The summed E-state index contributed by atoms with van der Waals surface area (Å²) >= 11 is 7.24. The van der Waals surface area contributed by atoms with Crippen LogP contribution in [0.4, 0.5) is 5.69 Å². The number of anilines is 1. The van der Waals surface area contributed by atoms with Gasteiger partial charge in [-0.2, -0.15) is 0 Å². The van der Waals surface area contributed by atoms with Crippen molar-refractivity contribution in [3.63, 3.8) is 0 Å². The molecule has 2 N–H and O–H groups in total. The van der Waals surface area contributed by atoms with Gasteiger partial charge in [0.2, 0.25) is 10.0 Å². The van der Waals surface area contributed by atoms with E-state index in [1.54, 1.807) is 37.3 Å². The highest BCUT2D eigenvalue weighted by atomic mass is 35.5. The van der Waals surface area contributed by atoms with Crippen molar-refractivity contribution in [1.82, 2.24) is 4.72 Å². The van der Waals surface area contributed by atoms with Gasteiger partial charge in [0.25, 0.3) is 0 Å². The van der Waals surface area contributed by atoms with E-state index in [2.05, 4.69) is 10.0 Å². The van der Waals surface area contributed by atoms with Crippen molar-refractivity contribution < 1.29 is 8.42 Å². The van der Waals surface area contributed by atoms with Crippen molar-refractivity contribution in [3.05, 3.63) is 45.6 Å². The largest absolute Gasteiger partial charge is 0.385 e. The summed E-state index contributed by atoms with van der Waals surface area (Å²) in [6.45, 7) is 4.58. The lowest BCUT2D eigenvalue weighted by atomic mass is 10.3. The Morgan fingerprint density at radius 2 is 1.86 bits per heavy atom. The van der Waals surface area contributed by atoms with E-state index in [4.69, 9.17) is 11.6 Å². The molecule has 114 valence electrons. The molecule has 1 unspecified atom stereocenters. The molecule has 0 radical (unpaired) electrons. The quantitative estimate of drug-likeness (QED) is 0.836. The van der Waals surface area contributed by atoms with Gasteiger partial charge < -0.3 is 5.32 Å². The van der Waals surface area contributed by atoms with Gasteiger partial charge in [0.05, 0.1) is 15.3 Å². The molecule has 1 heterocycles. The Morgan fingerprint density at radius 1 is 1.19 bits per heavy atom. The predicted molar refractivity (Wildman–Crippen MR) is 88.7 cm³/mol. The molecule has 1 aromatic heterocycles. The Morgan fingerprint density at radius 3 is 2.38 bits per heavy atom. The summed E-state index contributed by atoms with van der Waals surface area (Å²) in [6, 6.07) is 9.96. The summed E-state index contributed by atoms with van der Waals surface area (Å²) in [5.41, 5.74) is 0.898. The average molecular weight is 345 g/mol. The van der Waals surface area contributed by atoms with Crippen molar-refractivity contribution in [3.8, 4) is 0 Å². The second kappa shape index (κ2) is 6.79. The number of sulfonamides is 1. The molecule has 2 rings (SSSR count).